The summed E-state index contributed by atoms with van der Waals surface area (Å²) in [4.78, 5) is 17.3. The molecule has 0 radical (unpaired) electrons. The van der Waals surface area contributed by atoms with Gasteiger partial charge in [-0.05, 0) is 61.6 Å². The first-order valence-electron chi connectivity index (χ1n) is 10.3. The van der Waals surface area contributed by atoms with Gasteiger partial charge in [0.1, 0.15) is 17.3 Å². The molecule has 2 aliphatic heterocycles. The van der Waals surface area contributed by atoms with Crippen molar-refractivity contribution in [3.8, 4) is 11.5 Å². The molecule has 2 atom stereocenters. The van der Waals surface area contributed by atoms with Crippen LogP contribution in [0.3, 0.4) is 0 Å². The number of para-hydroxylation sites is 2. The zero-order valence-corrected chi connectivity index (χ0v) is 18.4. The smallest absolute Gasteiger partial charge is 0.264 e. The van der Waals surface area contributed by atoms with Crippen LogP contribution in [0.4, 0.5) is 10.1 Å². The molecule has 2 heterocycles. The fraction of sp³-hybridized carbons (Fsp3) is 0.200. The lowest BCUT2D eigenvalue weighted by Gasteiger charge is -2.55. The zero-order chi connectivity index (χ0) is 22.5. The SMILES string of the molecule is COc1ccccc1C(=O)N1C(=S)N(c2ccc(F)cc2)C2(C)CC1c1ccccc1O2. The molecule has 162 valence electrons. The van der Waals surface area contributed by atoms with Gasteiger partial charge in [0.05, 0.1) is 18.7 Å². The minimum absolute atomic E-state index is 0.261. The topological polar surface area (TPSA) is 42.0 Å². The highest BCUT2D eigenvalue weighted by molar-refractivity contribution is 7.80. The molecule has 0 aliphatic carbocycles. The van der Waals surface area contributed by atoms with Crippen LogP contribution < -0.4 is 14.4 Å². The molecule has 7 heteroatoms. The minimum atomic E-state index is -0.842. The van der Waals surface area contributed by atoms with E-state index in [-0.39, 0.29) is 17.8 Å². The number of anilines is 1. The summed E-state index contributed by atoms with van der Waals surface area (Å²) in [6.45, 7) is 1.94. The first-order valence-corrected chi connectivity index (χ1v) is 10.7. The summed E-state index contributed by atoms with van der Waals surface area (Å²) in [7, 11) is 1.53. The van der Waals surface area contributed by atoms with Crippen LogP contribution in [0, 0.1) is 5.82 Å². The number of nitrogens with zero attached hydrogens (tertiary/aromatic N) is 2. The largest absolute Gasteiger partial charge is 0.496 e. The maximum Gasteiger partial charge on any atom is 0.264 e. The van der Waals surface area contributed by atoms with Crippen LogP contribution in [0.5, 0.6) is 11.5 Å². The van der Waals surface area contributed by atoms with E-state index in [1.165, 1.54) is 19.2 Å². The van der Waals surface area contributed by atoms with E-state index < -0.39 is 5.72 Å². The number of carbonyl (C=O) groups excluding carboxylic acids is 1. The molecule has 3 aromatic rings. The Hall–Kier alpha value is -3.45. The van der Waals surface area contributed by atoms with Gasteiger partial charge in [-0.25, -0.2) is 4.39 Å². The summed E-state index contributed by atoms with van der Waals surface area (Å²) in [5, 5.41) is 0.292. The molecule has 1 amide bonds. The zero-order valence-electron chi connectivity index (χ0n) is 17.6. The van der Waals surface area contributed by atoms with Crippen LogP contribution in [-0.4, -0.2) is 28.8 Å². The number of benzene rings is 3. The summed E-state index contributed by atoms with van der Waals surface area (Å²) in [6, 6.07) is 20.5. The third kappa shape index (κ3) is 3.12. The quantitative estimate of drug-likeness (QED) is 0.507. The summed E-state index contributed by atoms with van der Waals surface area (Å²) in [6.07, 6.45) is 0.489. The van der Waals surface area contributed by atoms with E-state index in [4.69, 9.17) is 21.7 Å². The third-order valence-electron chi connectivity index (χ3n) is 6.00. The van der Waals surface area contributed by atoms with Crippen LogP contribution in [-0.2, 0) is 0 Å². The van der Waals surface area contributed by atoms with Gasteiger partial charge in [0.25, 0.3) is 5.91 Å². The van der Waals surface area contributed by atoms with E-state index in [0.717, 1.165) is 5.56 Å². The van der Waals surface area contributed by atoms with Crippen molar-refractivity contribution >= 4 is 28.9 Å². The molecular weight excluding hydrogens is 427 g/mol. The molecule has 0 aromatic heterocycles. The summed E-state index contributed by atoms with van der Waals surface area (Å²) >= 11 is 5.89. The van der Waals surface area contributed by atoms with Crippen molar-refractivity contribution in [1.29, 1.82) is 0 Å². The first kappa shape index (κ1) is 20.5. The Morgan fingerprint density at radius 1 is 1.09 bits per heavy atom. The molecule has 1 fully saturated rings. The molecule has 0 spiro atoms. The van der Waals surface area contributed by atoms with E-state index in [2.05, 4.69) is 0 Å². The van der Waals surface area contributed by atoms with Gasteiger partial charge < -0.3 is 9.47 Å². The lowest BCUT2D eigenvalue weighted by Crippen LogP contribution is -2.67. The maximum absolute atomic E-state index is 13.9. The van der Waals surface area contributed by atoms with Gasteiger partial charge in [-0.1, -0.05) is 30.3 Å². The Bertz CT molecular complexity index is 1220. The highest BCUT2D eigenvalue weighted by Crippen LogP contribution is 2.50. The van der Waals surface area contributed by atoms with E-state index >= 15 is 0 Å². The minimum Gasteiger partial charge on any atom is -0.496 e. The molecule has 2 bridgehead atoms. The normalized spacial score (nSPS) is 21.6. The van der Waals surface area contributed by atoms with E-state index in [1.54, 1.807) is 40.1 Å². The summed E-state index contributed by atoms with van der Waals surface area (Å²) in [5.41, 5.74) is 1.12. The predicted molar refractivity (Wildman–Crippen MR) is 123 cm³/mol. The predicted octanol–water partition coefficient (Wildman–Crippen LogP) is 5.32. The van der Waals surface area contributed by atoms with Crippen molar-refractivity contribution in [3.05, 3.63) is 89.7 Å². The molecule has 0 N–H and O–H groups in total. The van der Waals surface area contributed by atoms with Gasteiger partial charge in [0, 0.05) is 17.7 Å². The molecule has 2 aliphatic rings. The number of fused-ring (bicyclic) bond motifs is 4. The number of thiocarbonyl (C=S) groups is 1. The number of amides is 1. The average molecular weight is 449 g/mol. The number of halogens is 1. The lowest BCUT2D eigenvalue weighted by molar-refractivity contribution is 0.0183. The molecule has 5 nitrogen and oxygen atoms in total. The lowest BCUT2D eigenvalue weighted by atomic mass is 9.88. The molecule has 2 unspecified atom stereocenters. The Balaban J connectivity index is 1.68. The monoisotopic (exact) mass is 448 g/mol. The van der Waals surface area contributed by atoms with Crippen molar-refractivity contribution in [2.24, 2.45) is 0 Å². The van der Waals surface area contributed by atoms with Gasteiger partial charge in [0.15, 0.2) is 10.8 Å². The highest BCUT2D eigenvalue weighted by atomic mass is 32.1. The van der Waals surface area contributed by atoms with Crippen LogP contribution in [0.15, 0.2) is 72.8 Å². The van der Waals surface area contributed by atoms with E-state index in [0.29, 0.717) is 34.3 Å². The second-order valence-electron chi connectivity index (χ2n) is 8.00. The highest BCUT2D eigenvalue weighted by Gasteiger charge is 2.53. The Kier molecular flexibility index (Phi) is 4.86. The van der Waals surface area contributed by atoms with Gasteiger partial charge in [-0.2, -0.15) is 0 Å². The van der Waals surface area contributed by atoms with Gasteiger partial charge in [0.2, 0.25) is 0 Å². The summed E-state index contributed by atoms with van der Waals surface area (Å²) < 4.78 is 25.5. The van der Waals surface area contributed by atoms with Crippen molar-refractivity contribution in [2.75, 3.05) is 12.0 Å². The first-order chi connectivity index (χ1) is 15.4. The molecule has 0 saturated carbocycles. The molecule has 3 aromatic carbocycles. The summed E-state index contributed by atoms with van der Waals surface area (Å²) in [5.74, 6) is 0.556. The van der Waals surface area contributed by atoms with Gasteiger partial charge >= 0.3 is 0 Å². The molecule has 32 heavy (non-hydrogen) atoms. The van der Waals surface area contributed by atoms with Gasteiger partial charge in [-0.3, -0.25) is 14.6 Å². The molecular formula is C25H21FN2O3S. The fourth-order valence-corrected chi connectivity index (χ4v) is 5.07. The molecule has 1 saturated heterocycles. The molecule has 5 rings (SSSR count). The second-order valence-corrected chi connectivity index (χ2v) is 8.37. The van der Waals surface area contributed by atoms with Crippen LogP contribution >= 0.6 is 12.2 Å². The third-order valence-corrected chi connectivity index (χ3v) is 6.38. The second kappa shape index (κ2) is 7.60. The number of carbonyl (C=O) groups is 1. The van der Waals surface area contributed by atoms with Crippen molar-refractivity contribution in [3.63, 3.8) is 0 Å². The standard InChI is InChI=1S/C25H21FN2O3S/c1-25-15-20(18-7-3-6-10-22(18)31-25)27(23(29)19-8-4-5-9-21(19)30-2)24(32)28(25)17-13-11-16(26)12-14-17/h3-14,20H,15H2,1-2H3. The average Bonchev–Trinajstić information content (AvgIpc) is 2.79. The Labute approximate surface area is 191 Å². The number of rotatable bonds is 3. The Morgan fingerprint density at radius 2 is 1.78 bits per heavy atom. The Morgan fingerprint density at radius 3 is 2.53 bits per heavy atom. The van der Waals surface area contributed by atoms with Crippen molar-refractivity contribution < 1.29 is 18.7 Å². The maximum atomic E-state index is 13.9. The van der Waals surface area contributed by atoms with E-state index in [9.17, 15) is 9.18 Å². The number of hydrogen-bond donors (Lipinski definition) is 0. The van der Waals surface area contributed by atoms with Crippen molar-refractivity contribution in [2.45, 2.75) is 25.1 Å². The number of ether oxygens (including phenoxy) is 2. The van der Waals surface area contributed by atoms with E-state index in [1.807, 2.05) is 37.3 Å². The van der Waals surface area contributed by atoms with Crippen LogP contribution in [0.25, 0.3) is 0 Å². The van der Waals surface area contributed by atoms with Crippen molar-refractivity contribution in [1.82, 2.24) is 4.90 Å². The van der Waals surface area contributed by atoms with Gasteiger partial charge in [-0.15, -0.1) is 0 Å². The fourth-order valence-electron chi connectivity index (χ4n) is 4.56. The number of hydrogen-bond acceptors (Lipinski definition) is 4. The van der Waals surface area contributed by atoms with Crippen LogP contribution in [0.1, 0.15) is 35.3 Å². The number of methoxy groups -OCH3 is 1. The van der Waals surface area contributed by atoms with Crippen LogP contribution in [0.2, 0.25) is 0 Å².